The normalized spacial score (nSPS) is 11.0. The smallest absolute Gasteiger partial charge is 0.285 e. The van der Waals surface area contributed by atoms with E-state index in [1.807, 2.05) is 12.1 Å². The summed E-state index contributed by atoms with van der Waals surface area (Å²) in [5.41, 5.74) is 0.344. The van der Waals surface area contributed by atoms with Gasteiger partial charge in [-0.3, -0.25) is 4.98 Å². The van der Waals surface area contributed by atoms with Gasteiger partial charge < -0.3 is 0 Å². The van der Waals surface area contributed by atoms with Crippen LogP contribution in [0.2, 0.25) is 5.02 Å². The van der Waals surface area contributed by atoms with Crippen LogP contribution in [0.1, 0.15) is 11.1 Å². The Morgan fingerprint density at radius 1 is 0.926 bits per heavy atom. The highest BCUT2D eigenvalue weighted by molar-refractivity contribution is 7.99. The standard InChI is InChI=1S/C17H11ClF3N3OS2/c18-11-3-1-9(2-4-11)7-26-16-22-15(25)23-17(24-16)27-8-10-5-13(20)14(21)6-12(10)19/h1-6H,7-8H2,(H,22,23,24,25). The van der Waals surface area contributed by atoms with Crippen LogP contribution in [0.15, 0.2) is 51.5 Å². The van der Waals surface area contributed by atoms with Crippen LogP contribution < -0.4 is 5.69 Å². The highest BCUT2D eigenvalue weighted by Gasteiger charge is 2.12. The van der Waals surface area contributed by atoms with Gasteiger partial charge in [0, 0.05) is 28.2 Å². The summed E-state index contributed by atoms with van der Waals surface area (Å²) < 4.78 is 39.9. The van der Waals surface area contributed by atoms with Crippen LogP contribution in [-0.4, -0.2) is 15.0 Å². The first-order valence-electron chi connectivity index (χ1n) is 7.52. The van der Waals surface area contributed by atoms with E-state index in [1.165, 1.54) is 11.8 Å². The number of nitrogens with one attached hydrogen (secondary N) is 1. The van der Waals surface area contributed by atoms with Crippen molar-refractivity contribution in [2.24, 2.45) is 0 Å². The first-order valence-corrected chi connectivity index (χ1v) is 9.87. The van der Waals surface area contributed by atoms with E-state index in [1.54, 1.807) is 12.1 Å². The zero-order valence-electron chi connectivity index (χ0n) is 13.5. The number of nitrogens with zero attached hydrogens (tertiary/aromatic N) is 2. The Morgan fingerprint density at radius 2 is 1.63 bits per heavy atom. The first-order chi connectivity index (χ1) is 12.9. The predicted octanol–water partition coefficient (Wildman–Crippen LogP) is 4.82. The van der Waals surface area contributed by atoms with E-state index in [9.17, 15) is 18.0 Å². The number of hydrogen-bond acceptors (Lipinski definition) is 5. The molecule has 4 nitrogen and oxygen atoms in total. The van der Waals surface area contributed by atoms with Crippen molar-refractivity contribution in [1.29, 1.82) is 0 Å². The van der Waals surface area contributed by atoms with Crippen LogP contribution in [0.5, 0.6) is 0 Å². The third kappa shape index (κ3) is 5.50. The second-order valence-electron chi connectivity index (χ2n) is 5.30. The molecule has 0 aliphatic carbocycles. The third-order valence-electron chi connectivity index (χ3n) is 3.34. The van der Waals surface area contributed by atoms with Gasteiger partial charge in [0.25, 0.3) is 0 Å². The van der Waals surface area contributed by atoms with Crippen molar-refractivity contribution in [2.45, 2.75) is 21.8 Å². The van der Waals surface area contributed by atoms with Crippen LogP contribution in [0, 0.1) is 17.5 Å². The summed E-state index contributed by atoms with van der Waals surface area (Å²) in [5, 5.41) is 1.08. The van der Waals surface area contributed by atoms with Gasteiger partial charge in [0.15, 0.2) is 21.9 Å². The van der Waals surface area contributed by atoms with Crippen LogP contribution >= 0.6 is 35.1 Å². The Balaban J connectivity index is 1.69. The minimum absolute atomic E-state index is 0.0305. The van der Waals surface area contributed by atoms with Gasteiger partial charge >= 0.3 is 5.69 Å². The molecular weight excluding hydrogens is 419 g/mol. The Kier molecular flexibility index (Phi) is 6.46. The Bertz CT molecular complexity index is 1020. The van der Waals surface area contributed by atoms with Crippen molar-refractivity contribution in [3.05, 3.63) is 80.5 Å². The molecule has 3 aromatic rings. The average molecular weight is 430 g/mol. The number of aromatic nitrogens is 3. The zero-order valence-corrected chi connectivity index (χ0v) is 15.9. The maximum atomic E-state index is 13.7. The molecule has 0 bridgehead atoms. The van der Waals surface area contributed by atoms with Gasteiger partial charge in [-0.25, -0.2) is 18.0 Å². The molecule has 3 rings (SSSR count). The lowest BCUT2D eigenvalue weighted by Crippen LogP contribution is -2.14. The van der Waals surface area contributed by atoms with Crippen LogP contribution in [0.25, 0.3) is 0 Å². The second-order valence-corrected chi connectivity index (χ2v) is 7.65. The molecule has 0 fully saturated rings. The summed E-state index contributed by atoms with van der Waals surface area (Å²) in [6, 6.07) is 8.49. The summed E-state index contributed by atoms with van der Waals surface area (Å²) in [5.74, 6) is -2.75. The molecule has 0 aliphatic rings. The number of halogens is 4. The van der Waals surface area contributed by atoms with E-state index < -0.39 is 23.1 Å². The maximum absolute atomic E-state index is 13.7. The molecule has 0 unspecified atom stereocenters. The summed E-state index contributed by atoms with van der Waals surface area (Å²) in [4.78, 5) is 22.1. The minimum Gasteiger partial charge on any atom is -0.285 e. The lowest BCUT2D eigenvalue weighted by molar-refractivity contribution is 0.492. The predicted molar refractivity (Wildman–Crippen MR) is 99.5 cm³/mol. The quantitative estimate of drug-likeness (QED) is 0.449. The maximum Gasteiger partial charge on any atom is 0.349 e. The lowest BCUT2D eigenvalue weighted by Gasteiger charge is -2.05. The second kappa shape index (κ2) is 8.81. The van der Waals surface area contributed by atoms with Crippen molar-refractivity contribution in [3.63, 3.8) is 0 Å². The van der Waals surface area contributed by atoms with Crippen LogP contribution in [0.4, 0.5) is 13.2 Å². The van der Waals surface area contributed by atoms with Gasteiger partial charge in [0.05, 0.1) is 0 Å². The lowest BCUT2D eigenvalue weighted by atomic mass is 10.2. The Labute approximate surface area is 165 Å². The zero-order chi connectivity index (χ0) is 19.4. The molecule has 0 radical (unpaired) electrons. The van der Waals surface area contributed by atoms with Crippen LogP contribution in [-0.2, 0) is 11.5 Å². The number of rotatable bonds is 6. The summed E-state index contributed by atoms with van der Waals surface area (Å²) in [6.45, 7) is 0. The van der Waals surface area contributed by atoms with E-state index in [0.717, 1.165) is 23.4 Å². The molecule has 1 N–H and O–H groups in total. The number of benzene rings is 2. The fraction of sp³-hybridized carbons (Fsp3) is 0.118. The summed E-state index contributed by atoms with van der Waals surface area (Å²) in [6.07, 6.45) is 0. The van der Waals surface area contributed by atoms with Gasteiger partial charge in [-0.05, 0) is 23.8 Å². The largest absolute Gasteiger partial charge is 0.349 e. The van der Waals surface area contributed by atoms with Gasteiger partial charge in [-0.1, -0.05) is 47.3 Å². The SMILES string of the molecule is O=c1nc(SCc2ccc(Cl)cc2)nc(SCc2cc(F)c(F)cc2F)[nH]1. The number of aromatic amines is 1. The van der Waals surface area contributed by atoms with Crippen molar-refractivity contribution in [1.82, 2.24) is 15.0 Å². The minimum atomic E-state index is -1.25. The van der Waals surface area contributed by atoms with Crippen molar-refractivity contribution >= 4 is 35.1 Å². The molecule has 10 heteroatoms. The topological polar surface area (TPSA) is 58.6 Å². The third-order valence-corrected chi connectivity index (χ3v) is 5.44. The number of thioether (sulfide) groups is 2. The van der Waals surface area contributed by atoms with Crippen LogP contribution in [0.3, 0.4) is 0 Å². The molecule has 27 heavy (non-hydrogen) atoms. The molecule has 1 aromatic heterocycles. The van der Waals surface area contributed by atoms with E-state index in [-0.39, 0.29) is 21.6 Å². The molecular formula is C17H11ClF3N3OS2. The molecule has 2 aromatic carbocycles. The van der Waals surface area contributed by atoms with Crippen molar-refractivity contribution in [3.8, 4) is 0 Å². The average Bonchev–Trinajstić information content (AvgIpc) is 2.63. The fourth-order valence-electron chi connectivity index (χ4n) is 2.03. The Hall–Kier alpha value is -1.97. The molecule has 1 heterocycles. The molecule has 0 spiro atoms. The van der Waals surface area contributed by atoms with Crippen molar-refractivity contribution in [2.75, 3.05) is 0 Å². The van der Waals surface area contributed by atoms with E-state index >= 15 is 0 Å². The summed E-state index contributed by atoms with van der Waals surface area (Å²) in [7, 11) is 0. The summed E-state index contributed by atoms with van der Waals surface area (Å²) >= 11 is 8.08. The van der Waals surface area contributed by atoms with Gasteiger partial charge in [-0.15, -0.1) is 0 Å². The van der Waals surface area contributed by atoms with Gasteiger partial charge in [0.1, 0.15) is 5.82 Å². The molecule has 0 saturated carbocycles. The van der Waals surface area contributed by atoms with E-state index in [0.29, 0.717) is 16.8 Å². The monoisotopic (exact) mass is 429 g/mol. The number of hydrogen-bond donors (Lipinski definition) is 1. The first kappa shape index (κ1) is 19.8. The highest BCUT2D eigenvalue weighted by Crippen LogP contribution is 2.25. The van der Waals surface area contributed by atoms with Crippen molar-refractivity contribution < 1.29 is 13.2 Å². The molecule has 140 valence electrons. The van der Waals surface area contributed by atoms with Gasteiger partial charge in [0.2, 0.25) is 0 Å². The van der Waals surface area contributed by atoms with E-state index in [4.69, 9.17) is 11.6 Å². The van der Waals surface area contributed by atoms with Gasteiger partial charge in [-0.2, -0.15) is 9.97 Å². The fourth-order valence-corrected chi connectivity index (χ4v) is 3.83. The Morgan fingerprint density at radius 3 is 2.37 bits per heavy atom. The molecule has 0 amide bonds. The molecule has 0 saturated heterocycles. The molecule has 0 aliphatic heterocycles. The highest BCUT2D eigenvalue weighted by atomic mass is 35.5. The molecule has 0 atom stereocenters. The van der Waals surface area contributed by atoms with E-state index in [2.05, 4.69) is 15.0 Å². The number of H-pyrrole nitrogens is 1.